The monoisotopic (exact) mass is 635 g/mol. The summed E-state index contributed by atoms with van der Waals surface area (Å²) in [5.74, 6) is -0.873. The van der Waals surface area contributed by atoms with Crippen molar-refractivity contribution in [2.45, 2.75) is 62.6 Å². The minimum absolute atomic E-state index is 0.00613. The van der Waals surface area contributed by atoms with Gasteiger partial charge >= 0.3 is 0 Å². The minimum atomic E-state index is -4.22. The van der Waals surface area contributed by atoms with Crippen molar-refractivity contribution in [1.29, 1.82) is 0 Å². The van der Waals surface area contributed by atoms with E-state index in [-0.39, 0.29) is 39.1 Å². The maximum absolute atomic E-state index is 14.0. The maximum Gasteiger partial charge on any atom is 0.264 e. The van der Waals surface area contributed by atoms with Crippen LogP contribution in [0.5, 0.6) is 0 Å². The summed E-state index contributed by atoms with van der Waals surface area (Å²) in [5, 5.41) is 3.99. The van der Waals surface area contributed by atoms with E-state index in [1.165, 1.54) is 35.2 Å². The van der Waals surface area contributed by atoms with Gasteiger partial charge in [0.25, 0.3) is 10.0 Å². The van der Waals surface area contributed by atoms with Crippen LogP contribution in [0.1, 0.15) is 44.6 Å². The van der Waals surface area contributed by atoms with Crippen LogP contribution in [-0.2, 0) is 26.2 Å². The largest absolute Gasteiger partial charge is 0.352 e. The molecule has 11 heteroatoms. The van der Waals surface area contributed by atoms with Crippen LogP contribution in [0.2, 0.25) is 15.1 Å². The number of nitrogens with zero attached hydrogens (tertiary/aromatic N) is 2. The molecule has 2 amide bonds. The fourth-order valence-electron chi connectivity index (χ4n) is 4.92. The van der Waals surface area contributed by atoms with E-state index in [0.717, 1.165) is 36.4 Å². The summed E-state index contributed by atoms with van der Waals surface area (Å²) in [6, 6.07) is 18.3. The molecule has 0 aromatic heterocycles. The van der Waals surface area contributed by atoms with Gasteiger partial charge in [0.05, 0.1) is 10.6 Å². The second-order valence-corrected chi connectivity index (χ2v) is 13.3. The highest BCUT2D eigenvalue weighted by atomic mass is 35.5. The normalized spacial score (nSPS) is 14.7. The summed E-state index contributed by atoms with van der Waals surface area (Å²) < 4.78 is 28.7. The Hall–Kier alpha value is -2.78. The molecule has 0 saturated heterocycles. The van der Waals surface area contributed by atoms with Crippen molar-refractivity contribution in [2.24, 2.45) is 0 Å². The molecular formula is C30H32Cl3N3O4S. The molecule has 1 N–H and O–H groups in total. The molecule has 0 bridgehead atoms. The molecule has 41 heavy (non-hydrogen) atoms. The third-order valence-corrected chi connectivity index (χ3v) is 9.57. The lowest BCUT2D eigenvalue weighted by Crippen LogP contribution is -2.53. The van der Waals surface area contributed by atoms with Crippen molar-refractivity contribution < 1.29 is 18.0 Å². The number of benzene rings is 3. The van der Waals surface area contributed by atoms with Crippen LogP contribution in [0.25, 0.3) is 0 Å². The van der Waals surface area contributed by atoms with E-state index in [2.05, 4.69) is 5.32 Å². The predicted octanol–water partition coefficient (Wildman–Crippen LogP) is 6.71. The molecule has 1 fully saturated rings. The number of hydrogen-bond donors (Lipinski definition) is 1. The Balaban J connectivity index is 1.69. The molecule has 3 aromatic carbocycles. The highest BCUT2D eigenvalue weighted by molar-refractivity contribution is 7.92. The maximum atomic E-state index is 14.0. The van der Waals surface area contributed by atoms with Gasteiger partial charge in [0.1, 0.15) is 12.6 Å². The first-order valence-electron chi connectivity index (χ1n) is 13.4. The molecule has 0 radical (unpaired) electrons. The van der Waals surface area contributed by atoms with E-state index in [9.17, 15) is 18.0 Å². The van der Waals surface area contributed by atoms with E-state index in [1.807, 2.05) is 0 Å². The SMILES string of the molecule is C[C@H](C(=O)NC1CCCCC1)N(Cc1cccc(Cl)c1)C(=O)CN(c1cc(Cl)cc(Cl)c1)S(=O)(=O)c1ccccc1. The Morgan fingerprint density at radius 1 is 0.878 bits per heavy atom. The van der Waals surface area contributed by atoms with Crippen LogP contribution in [0, 0.1) is 0 Å². The average molecular weight is 637 g/mol. The molecule has 7 nitrogen and oxygen atoms in total. The van der Waals surface area contributed by atoms with E-state index in [1.54, 1.807) is 49.4 Å². The van der Waals surface area contributed by atoms with E-state index >= 15 is 0 Å². The zero-order chi connectivity index (χ0) is 29.6. The number of carbonyl (C=O) groups is 2. The smallest absolute Gasteiger partial charge is 0.264 e. The molecule has 0 heterocycles. The van der Waals surface area contributed by atoms with Crippen molar-refractivity contribution in [3.8, 4) is 0 Å². The molecule has 4 rings (SSSR count). The van der Waals surface area contributed by atoms with E-state index in [0.29, 0.717) is 10.6 Å². The second kappa shape index (κ2) is 13.9. The number of amides is 2. The number of anilines is 1. The number of nitrogens with one attached hydrogen (secondary N) is 1. The Morgan fingerprint density at radius 3 is 2.17 bits per heavy atom. The van der Waals surface area contributed by atoms with Crippen molar-refractivity contribution in [3.05, 3.63) is 93.4 Å². The fraction of sp³-hybridized carbons (Fsp3) is 0.333. The molecule has 0 aliphatic heterocycles. The van der Waals surface area contributed by atoms with Gasteiger partial charge < -0.3 is 10.2 Å². The molecule has 1 aliphatic carbocycles. The molecule has 0 unspecified atom stereocenters. The van der Waals surface area contributed by atoms with Gasteiger partial charge in [-0.15, -0.1) is 0 Å². The highest BCUT2D eigenvalue weighted by Crippen LogP contribution is 2.30. The summed E-state index contributed by atoms with van der Waals surface area (Å²) >= 11 is 18.7. The quantitative estimate of drug-likeness (QED) is 0.268. The fourth-order valence-corrected chi connectivity index (χ4v) is 7.06. The summed E-state index contributed by atoms with van der Waals surface area (Å²) in [5.41, 5.74) is 0.827. The molecule has 1 atom stereocenters. The van der Waals surface area contributed by atoms with Crippen LogP contribution in [-0.4, -0.2) is 43.8 Å². The third-order valence-electron chi connectivity index (χ3n) is 7.11. The van der Waals surface area contributed by atoms with Crippen LogP contribution in [0.4, 0.5) is 5.69 Å². The summed E-state index contributed by atoms with van der Waals surface area (Å²) in [6.07, 6.45) is 5.00. The van der Waals surface area contributed by atoms with Crippen molar-refractivity contribution in [1.82, 2.24) is 10.2 Å². The number of hydrogen-bond acceptors (Lipinski definition) is 4. The molecular weight excluding hydrogens is 605 g/mol. The summed E-state index contributed by atoms with van der Waals surface area (Å²) in [6.45, 7) is 1.11. The van der Waals surface area contributed by atoms with Crippen LogP contribution in [0.15, 0.2) is 77.7 Å². The Bertz CT molecular complexity index is 1460. The van der Waals surface area contributed by atoms with Gasteiger partial charge in [0.2, 0.25) is 11.8 Å². The topological polar surface area (TPSA) is 86.8 Å². The number of halogens is 3. The second-order valence-electron chi connectivity index (χ2n) is 10.1. The van der Waals surface area contributed by atoms with Crippen LogP contribution in [0.3, 0.4) is 0 Å². The zero-order valence-corrected chi connectivity index (χ0v) is 25.7. The van der Waals surface area contributed by atoms with E-state index < -0.39 is 28.5 Å². The van der Waals surface area contributed by atoms with Gasteiger partial charge in [-0.3, -0.25) is 13.9 Å². The van der Waals surface area contributed by atoms with Gasteiger partial charge in [-0.1, -0.05) is 84.4 Å². The number of sulfonamides is 1. The lowest BCUT2D eigenvalue weighted by atomic mass is 9.95. The van der Waals surface area contributed by atoms with Gasteiger partial charge in [-0.05, 0) is 67.8 Å². The Kier molecular flexibility index (Phi) is 10.6. The van der Waals surface area contributed by atoms with Crippen molar-refractivity contribution in [3.63, 3.8) is 0 Å². The Labute approximate surface area is 256 Å². The number of carbonyl (C=O) groups excluding carboxylic acids is 2. The zero-order valence-electron chi connectivity index (χ0n) is 22.6. The lowest BCUT2D eigenvalue weighted by molar-refractivity contribution is -0.139. The van der Waals surface area contributed by atoms with Gasteiger partial charge in [-0.25, -0.2) is 8.42 Å². The molecule has 218 valence electrons. The van der Waals surface area contributed by atoms with E-state index in [4.69, 9.17) is 34.8 Å². The standard InChI is InChI=1S/C30H32Cl3N3O4S/c1-21(30(38)34-26-11-4-2-5-12-26)35(19-22-9-8-10-23(31)15-22)29(37)20-36(27-17-24(32)16-25(33)18-27)41(39,40)28-13-6-3-7-14-28/h3,6-10,13-18,21,26H,2,4-5,11-12,19-20H2,1H3,(H,34,38)/t21-/m1/s1. The van der Waals surface area contributed by atoms with Crippen LogP contribution < -0.4 is 9.62 Å². The Morgan fingerprint density at radius 2 is 1.54 bits per heavy atom. The predicted molar refractivity (Wildman–Crippen MR) is 164 cm³/mol. The molecule has 1 saturated carbocycles. The van der Waals surface area contributed by atoms with Crippen molar-refractivity contribution >= 4 is 62.3 Å². The van der Waals surface area contributed by atoms with Crippen LogP contribution >= 0.6 is 34.8 Å². The molecule has 0 spiro atoms. The summed E-state index contributed by atoms with van der Waals surface area (Å²) in [7, 11) is -4.22. The first kappa shape index (κ1) is 31.2. The first-order valence-corrected chi connectivity index (χ1v) is 16.0. The third kappa shape index (κ3) is 8.16. The van der Waals surface area contributed by atoms with Crippen molar-refractivity contribution in [2.75, 3.05) is 10.8 Å². The van der Waals surface area contributed by atoms with Gasteiger partial charge in [0, 0.05) is 27.7 Å². The molecule has 3 aromatic rings. The van der Waals surface area contributed by atoms with Gasteiger partial charge in [0.15, 0.2) is 0 Å². The highest BCUT2D eigenvalue weighted by Gasteiger charge is 2.33. The lowest BCUT2D eigenvalue weighted by Gasteiger charge is -2.33. The average Bonchev–Trinajstić information content (AvgIpc) is 2.94. The molecule has 1 aliphatic rings. The number of rotatable bonds is 10. The van der Waals surface area contributed by atoms with Gasteiger partial charge in [-0.2, -0.15) is 0 Å². The first-order chi connectivity index (χ1) is 19.5. The minimum Gasteiger partial charge on any atom is -0.352 e. The summed E-state index contributed by atoms with van der Waals surface area (Å²) in [4.78, 5) is 28.8.